The number of hydrogen-bond donors (Lipinski definition) is 0. The number of rotatable bonds is 2. The van der Waals surface area contributed by atoms with Crippen molar-refractivity contribution in [1.29, 1.82) is 0 Å². The van der Waals surface area contributed by atoms with Crippen LogP contribution in [-0.2, 0) is 16.0 Å². The molecule has 2 aliphatic heterocycles. The number of para-hydroxylation sites is 1. The van der Waals surface area contributed by atoms with E-state index in [0.717, 1.165) is 6.42 Å². The Bertz CT molecular complexity index is 579. The van der Waals surface area contributed by atoms with Crippen molar-refractivity contribution in [2.24, 2.45) is 0 Å². The second kappa shape index (κ2) is 5.99. The predicted molar refractivity (Wildman–Crippen MR) is 85.8 cm³/mol. The van der Waals surface area contributed by atoms with Gasteiger partial charge >= 0.3 is 0 Å². The van der Waals surface area contributed by atoms with Crippen molar-refractivity contribution in [2.45, 2.75) is 26.3 Å². The number of nitrogens with zero attached hydrogens (tertiary/aromatic N) is 3. The second-order valence-electron chi connectivity index (χ2n) is 6.20. The first kappa shape index (κ1) is 14.9. The third-order valence-corrected chi connectivity index (χ3v) is 4.73. The Labute approximate surface area is 131 Å². The molecule has 118 valence electrons. The fourth-order valence-electron chi connectivity index (χ4n) is 3.39. The summed E-state index contributed by atoms with van der Waals surface area (Å²) in [6.07, 6.45) is 1.00. The van der Waals surface area contributed by atoms with Gasteiger partial charge in [-0.15, -0.1) is 0 Å². The summed E-state index contributed by atoms with van der Waals surface area (Å²) < 4.78 is 0. The van der Waals surface area contributed by atoms with Crippen LogP contribution < -0.4 is 4.90 Å². The third-order valence-electron chi connectivity index (χ3n) is 4.73. The Morgan fingerprint density at radius 3 is 2.41 bits per heavy atom. The molecule has 1 fully saturated rings. The van der Waals surface area contributed by atoms with Crippen molar-refractivity contribution < 1.29 is 9.59 Å². The Balaban J connectivity index is 1.62. The van der Waals surface area contributed by atoms with E-state index in [1.54, 1.807) is 11.8 Å². The summed E-state index contributed by atoms with van der Waals surface area (Å²) in [5.74, 6) is 0.251. The van der Waals surface area contributed by atoms with Crippen LogP contribution in [0.2, 0.25) is 0 Å². The maximum Gasteiger partial charge on any atom is 0.242 e. The molecular formula is C17H23N3O2. The van der Waals surface area contributed by atoms with E-state index in [1.165, 1.54) is 11.3 Å². The summed E-state index contributed by atoms with van der Waals surface area (Å²) >= 11 is 0. The molecule has 1 aromatic rings. The van der Waals surface area contributed by atoms with Crippen molar-refractivity contribution >= 4 is 17.5 Å². The topological polar surface area (TPSA) is 43.9 Å². The number of carbonyl (C=O) groups is 2. The smallest absolute Gasteiger partial charge is 0.242 e. The minimum Gasteiger partial charge on any atom is -0.359 e. The average molecular weight is 301 g/mol. The van der Waals surface area contributed by atoms with E-state index in [2.05, 4.69) is 30.0 Å². The molecule has 0 aromatic heterocycles. The summed E-state index contributed by atoms with van der Waals surface area (Å²) in [4.78, 5) is 29.8. The zero-order valence-electron chi connectivity index (χ0n) is 13.3. The zero-order chi connectivity index (χ0) is 15.7. The standard InChI is InChI=1S/C17H23N3O2/c1-13-11-15-5-3-4-6-16(15)20(13)12-17(22)19-9-7-18(8-10-19)14(2)21/h3-6,13H,7-12H2,1-2H3. The SMILES string of the molecule is CC(=O)N1CCN(C(=O)CN2c3ccccc3CC2C)CC1. The highest BCUT2D eigenvalue weighted by atomic mass is 16.2. The van der Waals surface area contributed by atoms with Crippen molar-refractivity contribution in [3.63, 3.8) is 0 Å². The maximum atomic E-state index is 12.6. The lowest BCUT2D eigenvalue weighted by Gasteiger charge is -2.36. The number of hydrogen-bond acceptors (Lipinski definition) is 3. The molecule has 0 N–H and O–H groups in total. The van der Waals surface area contributed by atoms with E-state index in [4.69, 9.17) is 0 Å². The number of fused-ring (bicyclic) bond motifs is 1. The Kier molecular flexibility index (Phi) is 4.05. The van der Waals surface area contributed by atoms with E-state index >= 15 is 0 Å². The van der Waals surface area contributed by atoms with E-state index in [0.29, 0.717) is 38.8 Å². The van der Waals surface area contributed by atoms with Crippen LogP contribution in [0.15, 0.2) is 24.3 Å². The third kappa shape index (κ3) is 2.80. The molecule has 0 radical (unpaired) electrons. The first-order valence-corrected chi connectivity index (χ1v) is 7.94. The van der Waals surface area contributed by atoms with E-state index in [9.17, 15) is 9.59 Å². The van der Waals surface area contributed by atoms with Crippen LogP contribution in [0.5, 0.6) is 0 Å². The Morgan fingerprint density at radius 1 is 1.09 bits per heavy atom. The predicted octanol–water partition coefficient (Wildman–Crippen LogP) is 1.13. The first-order valence-electron chi connectivity index (χ1n) is 7.94. The van der Waals surface area contributed by atoms with Gasteiger partial charge in [0, 0.05) is 44.8 Å². The Hall–Kier alpha value is -2.04. The number of anilines is 1. The molecular weight excluding hydrogens is 278 g/mol. The average Bonchev–Trinajstić information content (AvgIpc) is 2.83. The van der Waals surface area contributed by atoms with Crippen LogP contribution in [0.3, 0.4) is 0 Å². The molecule has 22 heavy (non-hydrogen) atoms. The Morgan fingerprint density at radius 2 is 1.73 bits per heavy atom. The molecule has 2 heterocycles. The number of carbonyl (C=O) groups excluding carboxylic acids is 2. The van der Waals surface area contributed by atoms with Crippen LogP contribution in [0, 0.1) is 0 Å². The van der Waals surface area contributed by atoms with Gasteiger partial charge < -0.3 is 14.7 Å². The molecule has 1 atom stereocenters. The molecule has 2 amide bonds. The minimum atomic E-state index is 0.0918. The van der Waals surface area contributed by atoms with Crippen molar-refractivity contribution in [3.05, 3.63) is 29.8 Å². The fraction of sp³-hybridized carbons (Fsp3) is 0.529. The van der Waals surface area contributed by atoms with Crippen LogP contribution in [0.1, 0.15) is 19.4 Å². The van der Waals surface area contributed by atoms with Gasteiger partial charge in [-0.1, -0.05) is 18.2 Å². The normalized spacial score (nSPS) is 21.0. The van der Waals surface area contributed by atoms with Gasteiger partial charge in [0.1, 0.15) is 0 Å². The van der Waals surface area contributed by atoms with Gasteiger partial charge in [0.25, 0.3) is 0 Å². The maximum absolute atomic E-state index is 12.6. The van der Waals surface area contributed by atoms with Gasteiger partial charge in [-0.3, -0.25) is 9.59 Å². The molecule has 1 aromatic carbocycles. The summed E-state index contributed by atoms with van der Waals surface area (Å²) in [6, 6.07) is 8.68. The quantitative estimate of drug-likeness (QED) is 0.822. The monoisotopic (exact) mass is 301 g/mol. The molecule has 3 rings (SSSR count). The van der Waals surface area contributed by atoms with E-state index in [-0.39, 0.29) is 11.8 Å². The largest absolute Gasteiger partial charge is 0.359 e. The highest BCUT2D eigenvalue weighted by Crippen LogP contribution is 2.31. The molecule has 1 saturated heterocycles. The lowest BCUT2D eigenvalue weighted by molar-refractivity contribution is -0.137. The van der Waals surface area contributed by atoms with Gasteiger partial charge in [0.05, 0.1) is 6.54 Å². The van der Waals surface area contributed by atoms with Crippen molar-refractivity contribution in [2.75, 3.05) is 37.6 Å². The number of piperazine rings is 1. The van der Waals surface area contributed by atoms with E-state index < -0.39 is 0 Å². The van der Waals surface area contributed by atoms with Crippen LogP contribution in [-0.4, -0.2) is 60.4 Å². The lowest BCUT2D eigenvalue weighted by atomic mass is 10.1. The first-order chi connectivity index (χ1) is 10.6. The van der Waals surface area contributed by atoms with E-state index in [1.807, 2.05) is 11.0 Å². The fourth-order valence-corrected chi connectivity index (χ4v) is 3.39. The lowest BCUT2D eigenvalue weighted by Crippen LogP contribution is -2.52. The van der Waals surface area contributed by atoms with Gasteiger partial charge in [-0.2, -0.15) is 0 Å². The van der Waals surface area contributed by atoms with Crippen LogP contribution in [0.25, 0.3) is 0 Å². The zero-order valence-corrected chi connectivity index (χ0v) is 13.3. The molecule has 1 unspecified atom stereocenters. The van der Waals surface area contributed by atoms with Crippen LogP contribution >= 0.6 is 0 Å². The molecule has 5 heteroatoms. The highest BCUT2D eigenvalue weighted by Gasteiger charge is 2.29. The molecule has 0 aliphatic carbocycles. The van der Waals surface area contributed by atoms with Crippen molar-refractivity contribution in [1.82, 2.24) is 9.80 Å². The second-order valence-corrected chi connectivity index (χ2v) is 6.20. The van der Waals surface area contributed by atoms with Gasteiger partial charge in [0.15, 0.2) is 0 Å². The molecule has 2 aliphatic rings. The molecule has 0 saturated carbocycles. The van der Waals surface area contributed by atoms with Gasteiger partial charge in [-0.05, 0) is 25.0 Å². The van der Waals surface area contributed by atoms with Crippen molar-refractivity contribution in [3.8, 4) is 0 Å². The highest BCUT2D eigenvalue weighted by molar-refractivity contribution is 5.83. The van der Waals surface area contributed by atoms with Gasteiger partial charge in [0.2, 0.25) is 11.8 Å². The summed E-state index contributed by atoms with van der Waals surface area (Å²) in [7, 11) is 0. The van der Waals surface area contributed by atoms with Crippen LogP contribution in [0.4, 0.5) is 5.69 Å². The minimum absolute atomic E-state index is 0.0918. The molecule has 5 nitrogen and oxygen atoms in total. The summed E-state index contributed by atoms with van der Waals surface area (Å²) in [5, 5.41) is 0. The molecule has 0 bridgehead atoms. The molecule has 0 spiro atoms. The van der Waals surface area contributed by atoms with Gasteiger partial charge in [-0.25, -0.2) is 0 Å². The number of amides is 2. The number of benzene rings is 1. The summed E-state index contributed by atoms with van der Waals surface area (Å²) in [6.45, 7) is 6.75. The summed E-state index contributed by atoms with van der Waals surface area (Å²) in [5.41, 5.74) is 2.51.